The number of methoxy groups -OCH3 is 1. The number of hydrogen-bond donors (Lipinski definition) is 0. The number of Topliss-reactive ketones (excluding diaryl/α,β-unsaturated/α-hetero) is 1. The van der Waals surface area contributed by atoms with E-state index in [1.54, 1.807) is 7.11 Å². The van der Waals surface area contributed by atoms with Gasteiger partial charge in [0, 0.05) is 32.1 Å². The van der Waals surface area contributed by atoms with Gasteiger partial charge in [0.25, 0.3) is 0 Å². The van der Waals surface area contributed by atoms with Crippen LogP contribution in [-0.4, -0.2) is 26.5 Å². The smallest absolute Gasteiger partial charge is 0.132 e. The molecular formula is C16H23NO2. The minimum absolute atomic E-state index is 0.430. The molecular weight excluding hydrogens is 238 g/mol. The molecule has 2 rings (SSSR count). The number of carbonyl (C=O) groups excluding carboxylic acids is 1. The van der Waals surface area contributed by atoms with E-state index in [1.807, 2.05) is 6.07 Å². The second-order valence-electron chi connectivity index (χ2n) is 5.52. The number of carbonyl (C=O) groups is 1. The summed E-state index contributed by atoms with van der Waals surface area (Å²) in [7, 11) is 3.82. The zero-order chi connectivity index (χ0) is 13.8. The summed E-state index contributed by atoms with van der Waals surface area (Å²) < 4.78 is 5.29. The van der Waals surface area contributed by atoms with Gasteiger partial charge in [-0.1, -0.05) is 0 Å². The van der Waals surface area contributed by atoms with Crippen LogP contribution >= 0.6 is 0 Å². The maximum absolute atomic E-state index is 11.3. The van der Waals surface area contributed by atoms with E-state index in [9.17, 15) is 4.79 Å². The van der Waals surface area contributed by atoms with Crippen molar-refractivity contribution in [1.29, 1.82) is 0 Å². The molecule has 1 aliphatic carbocycles. The van der Waals surface area contributed by atoms with Crippen LogP contribution in [0.25, 0.3) is 0 Å². The Morgan fingerprint density at radius 1 is 1.32 bits per heavy atom. The van der Waals surface area contributed by atoms with Gasteiger partial charge in [-0.25, -0.2) is 0 Å². The Kier molecular flexibility index (Phi) is 4.46. The van der Waals surface area contributed by atoms with Crippen LogP contribution in [0.4, 0.5) is 5.69 Å². The molecule has 0 bridgehead atoms. The number of rotatable bonds is 4. The molecule has 0 spiro atoms. The maximum Gasteiger partial charge on any atom is 0.132 e. The van der Waals surface area contributed by atoms with Crippen molar-refractivity contribution in [3.63, 3.8) is 0 Å². The first-order valence-electron chi connectivity index (χ1n) is 6.97. The number of hydrogen-bond acceptors (Lipinski definition) is 3. The lowest BCUT2D eigenvalue weighted by Crippen LogP contribution is -2.28. The first-order chi connectivity index (χ1) is 9.10. The highest BCUT2D eigenvalue weighted by molar-refractivity contribution is 5.79. The second kappa shape index (κ2) is 6.09. The third-order valence-electron chi connectivity index (χ3n) is 4.01. The maximum atomic E-state index is 11.3. The minimum atomic E-state index is 0.430. The average molecular weight is 261 g/mol. The highest BCUT2D eigenvalue weighted by Crippen LogP contribution is 2.27. The van der Waals surface area contributed by atoms with Crippen molar-refractivity contribution in [2.24, 2.45) is 5.92 Å². The highest BCUT2D eigenvalue weighted by atomic mass is 16.5. The molecule has 104 valence electrons. The van der Waals surface area contributed by atoms with E-state index >= 15 is 0 Å². The molecule has 0 saturated heterocycles. The van der Waals surface area contributed by atoms with E-state index in [1.165, 1.54) is 5.69 Å². The number of anilines is 1. The van der Waals surface area contributed by atoms with E-state index in [4.69, 9.17) is 4.74 Å². The van der Waals surface area contributed by atoms with E-state index < -0.39 is 0 Å². The van der Waals surface area contributed by atoms with E-state index in [2.05, 4.69) is 31.0 Å². The molecule has 3 heteroatoms. The number of ether oxygens (including phenoxy) is 1. The first-order valence-corrected chi connectivity index (χ1v) is 6.97. The zero-order valence-electron chi connectivity index (χ0n) is 12.1. The minimum Gasteiger partial charge on any atom is -0.496 e. The topological polar surface area (TPSA) is 29.5 Å². The van der Waals surface area contributed by atoms with Gasteiger partial charge in [-0.15, -0.1) is 0 Å². The predicted octanol–water partition coefficient (Wildman–Crippen LogP) is 3.20. The molecule has 0 radical (unpaired) electrons. The fourth-order valence-corrected chi connectivity index (χ4v) is 2.77. The molecule has 0 heterocycles. The van der Waals surface area contributed by atoms with Crippen molar-refractivity contribution in [2.45, 2.75) is 32.6 Å². The van der Waals surface area contributed by atoms with Gasteiger partial charge in [-0.05, 0) is 49.4 Å². The summed E-state index contributed by atoms with van der Waals surface area (Å²) in [6, 6.07) is 6.28. The summed E-state index contributed by atoms with van der Waals surface area (Å²) in [4.78, 5) is 13.5. The van der Waals surface area contributed by atoms with Crippen LogP contribution in [0.15, 0.2) is 18.2 Å². The highest BCUT2D eigenvalue weighted by Gasteiger charge is 2.20. The fourth-order valence-electron chi connectivity index (χ4n) is 2.77. The Labute approximate surface area is 115 Å². The molecule has 1 aromatic rings. The van der Waals surface area contributed by atoms with Crippen LogP contribution in [0.1, 0.15) is 31.2 Å². The van der Waals surface area contributed by atoms with E-state index in [0.717, 1.165) is 43.5 Å². The van der Waals surface area contributed by atoms with Crippen LogP contribution in [-0.2, 0) is 4.79 Å². The lowest BCUT2D eigenvalue weighted by atomic mass is 9.88. The van der Waals surface area contributed by atoms with Crippen molar-refractivity contribution < 1.29 is 9.53 Å². The standard InChI is InChI=1S/C16H23NO2/c1-12-10-14(6-9-16(12)19-3)17(2)11-13-4-7-15(18)8-5-13/h6,9-10,13H,4-5,7-8,11H2,1-3H3. The van der Waals surface area contributed by atoms with Crippen molar-refractivity contribution in [3.8, 4) is 5.75 Å². The van der Waals surface area contributed by atoms with Crippen molar-refractivity contribution in [3.05, 3.63) is 23.8 Å². The molecule has 0 aromatic heterocycles. The monoisotopic (exact) mass is 261 g/mol. The van der Waals surface area contributed by atoms with Crippen LogP contribution in [0.5, 0.6) is 5.75 Å². The third-order valence-corrected chi connectivity index (χ3v) is 4.01. The molecule has 3 nitrogen and oxygen atoms in total. The van der Waals surface area contributed by atoms with Crippen LogP contribution in [0, 0.1) is 12.8 Å². The molecule has 1 aromatic carbocycles. The molecule has 0 aliphatic heterocycles. The average Bonchev–Trinajstić information content (AvgIpc) is 2.41. The van der Waals surface area contributed by atoms with Crippen LogP contribution in [0.3, 0.4) is 0 Å². The predicted molar refractivity (Wildman–Crippen MR) is 78.0 cm³/mol. The van der Waals surface area contributed by atoms with Gasteiger partial charge in [0.2, 0.25) is 0 Å². The first kappa shape index (κ1) is 13.9. The van der Waals surface area contributed by atoms with Gasteiger partial charge in [0.05, 0.1) is 7.11 Å². The van der Waals surface area contributed by atoms with Crippen molar-refractivity contribution in [1.82, 2.24) is 0 Å². The molecule has 1 aliphatic rings. The summed E-state index contributed by atoms with van der Waals surface area (Å²) >= 11 is 0. The lowest BCUT2D eigenvalue weighted by molar-refractivity contribution is -0.120. The van der Waals surface area contributed by atoms with Gasteiger partial charge in [0.15, 0.2) is 0 Å². The van der Waals surface area contributed by atoms with Crippen molar-refractivity contribution in [2.75, 3.05) is 25.6 Å². The summed E-state index contributed by atoms with van der Waals surface area (Å²) in [5, 5.41) is 0. The normalized spacial score (nSPS) is 16.5. The van der Waals surface area contributed by atoms with E-state index in [-0.39, 0.29) is 0 Å². The third kappa shape index (κ3) is 3.49. The molecule has 0 amide bonds. The number of nitrogens with zero attached hydrogens (tertiary/aromatic N) is 1. The molecule has 1 fully saturated rings. The zero-order valence-corrected chi connectivity index (χ0v) is 12.1. The number of benzene rings is 1. The Bertz CT molecular complexity index is 446. The SMILES string of the molecule is COc1ccc(N(C)CC2CCC(=O)CC2)cc1C. The van der Waals surface area contributed by atoms with E-state index in [0.29, 0.717) is 11.7 Å². The van der Waals surface area contributed by atoms with Gasteiger partial charge in [-0.3, -0.25) is 4.79 Å². The molecule has 0 N–H and O–H groups in total. The molecule has 0 atom stereocenters. The van der Waals surface area contributed by atoms with Crippen molar-refractivity contribution >= 4 is 11.5 Å². The van der Waals surface area contributed by atoms with Gasteiger partial charge in [0.1, 0.15) is 11.5 Å². The largest absolute Gasteiger partial charge is 0.496 e. The molecule has 1 saturated carbocycles. The van der Waals surface area contributed by atoms with Gasteiger partial charge >= 0.3 is 0 Å². The summed E-state index contributed by atoms with van der Waals surface area (Å²) in [6.07, 6.45) is 3.61. The van der Waals surface area contributed by atoms with Gasteiger partial charge in [-0.2, -0.15) is 0 Å². The quantitative estimate of drug-likeness (QED) is 0.833. The molecule has 0 unspecified atom stereocenters. The molecule has 19 heavy (non-hydrogen) atoms. The van der Waals surface area contributed by atoms with Crippen LogP contribution < -0.4 is 9.64 Å². The Hall–Kier alpha value is -1.51. The second-order valence-corrected chi connectivity index (χ2v) is 5.52. The lowest BCUT2D eigenvalue weighted by Gasteiger charge is -2.28. The summed E-state index contributed by atoms with van der Waals surface area (Å²) in [5.41, 5.74) is 2.38. The Balaban J connectivity index is 1.97. The number of ketones is 1. The summed E-state index contributed by atoms with van der Waals surface area (Å²) in [6.45, 7) is 3.09. The summed E-state index contributed by atoms with van der Waals surface area (Å²) in [5.74, 6) is 2.00. The number of aryl methyl sites for hydroxylation is 1. The Morgan fingerprint density at radius 2 is 2.00 bits per heavy atom. The fraction of sp³-hybridized carbons (Fsp3) is 0.562. The Morgan fingerprint density at radius 3 is 2.58 bits per heavy atom. The van der Waals surface area contributed by atoms with Crippen LogP contribution in [0.2, 0.25) is 0 Å². The van der Waals surface area contributed by atoms with Gasteiger partial charge < -0.3 is 9.64 Å².